The van der Waals surface area contributed by atoms with Crippen molar-refractivity contribution in [3.8, 4) is 0 Å². The van der Waals surface area contributed by atoms with Crippen LogP contribution in [0.3, 0.4) is 0 Å². The first-order valence-electron chi connectivity index (χ1n) is 17.8. The predicted molar refractivity (Wildman–Crippen MR) is 197 cm³/mol. The molecule has 0 amide bonds. The third-order valence-corrected chi connectivity index (χ3v) is 9.04. The number of carbonyl (C=O) groups is 8. The molecular weight excluding hydrogens is 700 g/mol. The molecule has 0 aromatic carbocycles. The van der Waals surface area contributed by atoms with E-state index in [-0.39, 0.29) is 63.2 Å². The average molecular weight is 749 g/mol. The zero-order valence-corrected chi connectivity index (χ0v) is 31.0. The Balaban J connectivity index is 0.000000273. The highest BCUT2D eigenvalue weighted by Crippen LogP contribution is 2.35. The van der Waals surface area contributed by atoms with Crippen LogP contribution < -0.4 is 0 Å². The van der Waals surface area contributed by atoms with Crippen molar-refractivity contribution in [1.29, 1.82) is 0 Å². The molecule has 2 unspecified atom stereocenters. The van der Waals surface area contributed by atoms with Gasteiger partial charge < -0.3 is 4.74 Å². The van der Waals surface area contributed by atoms with E-state index < -0.39 is 12.2 Å². The number of methoxy groups -OCH3 is 1. The standard InChI is InChI=1S/C19H28O4.C8H8O4.C7H6O3.C7H6O2/c1-2-3-4-5-14-6-8-15(9-7-14)12-19(23-22)17-13-16(20)10-11-18(17)21;1-5(12-11)7-4-6(9)2-3-8(7)10;1-10-7-4-5(8)2-3-6(7)9;1-5-4-6(8)2-3-7(5)9/h10-11,13-15,19,22H,2-9,12H2,1H3;2-5,11H,1H3;2-4H,1H3;2-4H,1H3. The minimum atomic E-state index is -0.758. The van der Waals surface area contributed by atoms with Gasteiger partial charge in [-0.2, -0.15) is 0 Å². The molecule has 0 radical (unpaired) electrons. The van der Waals surface area contributed by atoms with Crippen LogP contribution in [0.1, 0.15) is 78.6 Å². The van der Waals surface area contributed by atoms with E-state index in [9.17, 15) is 43.6 Å². The Morgan fingerprint density at radius 1 is 0.611 bits per heavy atom. The van der Waals surface area contributed by atoms with Gasteiger partial charge >= 0.3 is 0 Å². The number of ketones is 8. The van der Waals surface area contributed by atoms with Gasteiger partial charge in [-0.25, -0.2) is 9.78 Å². The molecule has 290 valence electrons. The summed E-state index contributed by atoms with van der Waals surface area (Å²) in [5.41, 5.74) is 0.970. The molecule has 1 saturated carbocycles. The van der Waals surface area contributed by atoms with E-state index in [0.717, 1.165) is 30.9 Å². The molecular formula is C41H48O13. The van der Waals surface area contributed by atoms with Gasteiger partial charge in [-0.05, 0) is 98.9 Å². The van der Waals surface area contributed by atoms with Gasteiger partial charge in [0.1, 0.15) is 12.2 Å². The molecule has 0 bridgehead atoms. The van der Waals surface area contributed by atoms with Crippen molar-refractivity contribution in [2.24, 2.45) is 11.8 Å². The molecule has 0 heterocycles. The summed E-state index contributed by atoms with van der Waals surface area (Å²) in [6.45, 7) is 5.34. The molecule has 13 nitrogen and oxygen atoms in total. The lowest BCUT2D eigenvalue weighted by molar-refractivity contribution is -0.271. The monoisotopic (exact) mass is 748 g/mol. The summed E-state index contributed by atoms with van der Waals surface area (Å²) >= 11 is 0. The van der Waals surface area contributed by atoms with Crippen molar-refractivity contribution in [2.45, 2.75) is 90.8 Å². The number of unbranched alkanes of at least 4 members (excludes halogenated alkanes) is 2. The molecule has 1 fully saturated rings. The van der Waals surface area contributed by atoms with E-state index >= 15 is 0 Å². The Morgan fingerprint density at radius 3 is 1.57 bits per heavy atom. The first-order chi connectivity index (χ1) is 25.7. The fraction of sp³-hybridized carbons (Fsp3) is 0.415. The van der Waals surface area contributed by atoms with Gasteiger partial charge in [-0.3, -0.25) is 48.9 Å². The van der Waals surface area contributed by atoms with E-state index in [2.05, 4.69) is 21.4 Å². The van der Waals surface area contributed by atoms with Gasteiger partial charge in [0.2, 0.25) is 5.78 Å². The van der Waals surface area contributed by atoms with Crippen molar-refractivity contribution in [1.82, 2.24) is 0 Å². The summed E-state index contributed by atoms with van der Waals surface area (Å²) in [4.78, 5) is 96.1. The highest BCUT2D eigenvalue weighted by Gasteiger charge is 2.29. The largest absolute Gasteiger partial charge is 0.493 e. The maximum atomic E-state index is 11.9. The van der Waals surface area contributed by atoms with Crippen LogP contribution in [0.15, 0.2) is 95.4 Å². The van der Waals surface area contributed by atoms with E-state index in [0.29, 0.717) is 17.9 Å². The van der Waals surface area contributed by atoms with E-state index in [4.69, 9.17) is 5.26 Å². The zero-order valence-electron chi connectivity index (χ0n) is 31.0. The fourth-order valence-corrected chi connectivity index (χ4v) is 5.92. The summed E-state index contributed by atoms with van der Waals surface area (Å²) in [6.07, 6.45) is 23.8. The van der Waals surface area contributed by atoms with Crippen LogP contribution in [0.4, 0.5) is 0 Å². The van der Waals surface area contributed by atoms with Crippen LogP contribution in [0.5, 0.6) is 0 Å². The number of allylic oxidation sites excluding steroid dienone is 13. The van der Waals surface area contributed by atoms with Crippen LogP contribution in [-0.2, 0) is 52.9 Å². The molecule has 5 rings (SSSR count). The number of hydrogen-bond acceptors (Lipinski definition) is 13. The normalized spacial score (nSPS) is 21.7. The number of hydrogen-bond donors (Lipinski definition) is 2. The third-order valence-electron chi connectivity index (χ3n) is 9.04. The van der Waals surface area contributed by atoms with Gasteiger partial charge in [0.25, 0.3) is 0 Å². The topological polar surface area (TPSA) is 205 Å². The molecule has 2 N–H and O–H groups in total. The molecule has 0 saturated heterocycles. The Hall–Kier alpha value is -5.08. The molecule has 2 atom stereocenters. The van der Waals surface area contributed by atoms with Gasteiger partial charge in [-0.15, -0.1) is 0 Å². The van der Waals surface area contributed by atoms with Crippen LogP contribution in [0.25, 0.3) is 0 Å². The van der Waals surface area contributed by atoms with Crippen LogP contribution in [-0.4, -0.2) is 76.1 Å². The summed E-state index contributed by atoms with van der Waals surface area (Å²) in [7, 11) is 1.36. The molecule has 54 heavy (non-hydrogen) atoms. The zero-order chi connectivity index (χ0) is 40.2. The molecule has 0 aliphatic heterocycles. The Morgan fingerprint density at radius 2 is 1.09 bits per heavy atom. The van der Waals surface area contributed by atoms with E-state index in [1.165, 1.54) is 113 Å². The summed E-state index contributed by atoms with van der Waals surface area (Å²) in [5, 5.41) is 17.4. The second-order valence-electron chi connectivity index (χ2n) is 13.1. The van der Waals surface area contributed by atoms with Crippen LogP contribution >= 0.6 is 0 Å². The summed E-state index contributed by atoms with van der Waals surface area (Å²) in [5.74, 6) is -0.314. The number of rotatable bonds is 11. The first kappa shape index (κ1) is 45.1. The maximum Gasteiger partial charge on any atom is 0.220 e. The highest BCUT2D eigenvalue weighted by molar-refractivity contribution is 6.19. The molecule has 0 spiro atoms. The van der Waals surface area contributed by atoms with Gasteiger partial charge in [-0.1, -0.05) is 58.3 Å². The second-order valence-corrected chi connectivity index (χ2v) is 13.1. The smallest absolute Gasteiger partial charge is 0.220 e. The van der Waals surface area contributed by atoms with Crippen molar-refractivity contribution >= 4 is 46.3 Å². The SMILES string of the molecule is CC(OO)C1=CC(=O)C=CC1=O.CC1=CC(=O)C=CC1=O.CCCCCC1CCC(CC(OO)C2=CC(=O)C=CC2=O)CC1.COC1=CC(=O)C=CC1=O. The minimum absolute atomic E-state index is 0.0744. The Bertz CT molecular complexity index is 1690. The summed E-state index contributed by atoms with van der Waals surface area (Å²) in [6, 6.07) is 0. The predicted octanol–water partition coefficient (Wildman–Crippen LogP) is 5.62. The van der Waals surface area contributed by atoms with Gasteiger partial charge in [0.05, 0.1) is 7.11 Å². The molecule has 0 aromatic heterocycles. The lowest BCUT2D eigenvalue weighted by Crippen LogP contribution is -2.27. The van der Waals surface area contributed by atoms with Crippen molar-refractivity contribution in [3.05, 3.63) is 95.4 Å². The Labute approximate surface area is 314 Å². The molecule has 13 heteroatoms. The van der Waals surface area contributed by atoms with Crippen LogP contribution in [0, 0.1) is 11.8 Å². The first-order valence-corrected chi connectivity index (χ1v) is 17.8. The molecule has 0 aromatic rings. The van der Waals surface area contributed by atoms with Gasteiger partial charge in [0.15, 0.2) is 46.2 Å². The van der Waals surface area contributed by atoms with Crippen molar-refractivity contribution < 1.29 is 63.4 Å². The van der Waals surface area contributed by atoms with E-state index in [1.54, 1.807) is 6.92 Å². The number of ether oxygens (including phenoxy) is 1. The average Bonchev–Trinajstić information content (AvgIpc) is 3.16. The quantitative estimate of drug-likeness (QED) is 0.114. The molecule has 5 aliphatic carbocycles. The molecule has 5 aliphatic rings. The maximum absolute atomic E-state index is 11.9. The summed E-state index contributed by atoms with van der Waals surface area (Å²) < 4.78 is 4.61. The van der Waals surface area contributed by atoms with Crippen molar-refractivity contribution in [2.75, 3.05) is 7.11 Å². The third kappa shape index (κ3) is 15.5. The van der Waals surface area contributed by atoms with Crippen LogP contribution in [0.2, 0.25) is 0 Å². The lowest BCUT2D eigenvalue weighted by Gasteiger charge is -2.30. The van der Waals surface area contributed by atoms with Gasteiger partial charge in [0, 0.05) is 22.8 Å². The minimum Gasteiger partial charge on any atom is -0.493 e. The lowest BCUT2D eigenvalue weighted by atomic mass is 9.77. The number of carbonyl (C=O) groups excluding carboxylic acids is 8. The second kappa shape index (κ2) is 23.6. The van der Waals surface area contributed by atoms with Crippen molar-refractivity contribution in [3.63, 3.8) is 0 Å². The Kier molecular flexibility index (Phi) is 19.7. The fourth-order valence-electron chi connectivity index (χ4n) is 5.92. The van der Waals surface area contributed by atoms with E-state index in [1.807, 2.05) is 0 Å². The highest BCUT2D eigenvalue weighted by atomic mass is 17.1.